The second-order valence-electron chi connectivity index (χ2n) is 4.83. The van der Waals surface area contributed by atoms with E-state index in [1.54, 1.807) is 42.5 Å². The molecule has 0 aliphatic carbocycles. The molecule has 2 N–H and O–H groups in total. The SMILES string of the molecule is CN(C)c1cccc(C(=O)NNC(=O)c2ccccc2Cl)c1. The molecule has 2 rings (SSSR count). The van der Waals surface area contributed by atoms with Crippen LogP contribution in [0.3, 0.4) is 0 Å². The second kappa shape index (κ2) is 6.95. The van der Waals surface area contributed by atoms with Crippen LogP contribution in [0, 0.1) is 0 Å². The Labute approximate surface area is 133 Å². The van der Waals surface area contributed by atoms with Gasteiger partial charge in [-0.2, -0.15) is 0 Å². The number of anilines is 1. The third-order valence-corrected chi connectivity index (χ3v) is 3.36. The minimum Gasteiger partial charge on any atom is -0.378 e. The first-order valence-electron chi connectivity index (χ1n) is 6.61. The molecule has 22 heavy (non-hydrogen) atoms. The topological polar surface area (TPSA) is 61.4 Å². The third kappa shape index (κ3) is 3.77. The van der Waals surface area contributed by atoms with Crippen LogP contribution in [0.5, 0.6) is 0 Å². The van der Waals surface area contributed by atoms with E-state index in [0.29, 0.717) is 16.1 Å². The fourth-order valence-electron chi connectivity index (χ4n) is 1.82. The van der Waals surface area contributed by atoms with Crippen molar-refractivity contribution in [3.63, 3.8) is 0 Å². The van der Waals surface area contributed by atoms with Gasteiger partial charge in [0.25, 0.3) is 11.8 Å². The van der Waals surface area contributed by atoms with Crippen LogP contribution in [0.15, 0.2) is 48.5 Å². The van der Waals surface area contributed by atoms with Crippen molar-refractivity contribution in [1.29, 1.82) is 0 Å². The predicted octanol–water partition coefficient (Wildman–Crippen LogP) is 2.48. The number of hydrogen-bond donors (Lipinski definition) is 2. The highest BCUT2D eigenvalue weighted by molar-refractivity contribution is 6.33. The molecular formula is C16H16ClN3O2. The summed E-state index contributed by atoms with van der Waals surface area (Å²) in [6, 6.07) is 13.7. The van der Waals surface area contributed by atoms with E-state index in [1.165, 1.54) is 0 Å². The quantitative estimate of drug-likeness (QED) is 0.855. The fourth-order valence-corrected chi connectivity index (χ4v) is 2.05. The molecule has 0 aromatic heterocycles. The van der Waals surface area contributed by atoms with Gasteiger partial charge in [0.1, 0.15) is 0 Å². The number of carbonyl (C=O) groups is 2. The maximum absolute atomic E-state index is 12.1. The molecule has 6 heteroatoms. The van der Waals surface area contributed by atoms with Gasteiger partial charge in [0, 0.05) is 25.3 Å². The van der Waals surface area contributed by atoms with Crippen molar-refractivity contribution in [2.24, 2.45) is 0 Å². The number of nitrogens with one attached hydrogen (secondary N) is 2. The molecule has 0 unspecified atom stereocenters. The average Bonchev–Trinajstić information content (AvgIpc) is 2.52. The van der Waals surface area contributed by atoms with Gasteiger partial charge in [-0.25, -0.2) is 0 Å². The number of rotatable bonds is 3. The van der Waals surface area contributed by atoms with Gasteiger partial charge in [0.2, 0.25) is 0 Å². The summed E-state index contributed by atoms with van der Waals surface area (Å²) in [5.74, 6) is -0.869. The molecule has 0 radical (unpaired) electrons. The summed E-state index contributed by atoms with van der Waals surface area (Å²) < 4.78 is 0. The Morgan fingerprint density at radius 2 is 1.64 bits per heavy atom. The number of benzene rings is 2. The van der Waals surface area contributed by atoms with Crippen LogP contribution in [0.2, 0.25) is 5.02 Å². The van der Waals surface area contributed by atoms with Gasteiger partial charge in [-0.15, -0.1) is 0 Å². The largest absolute Gasteiger partial charge is 0.378 e. The first kappa shape index (κ1) is 15.9. The zero-order chi connectivity index (χ0) is 16.1. The number of carbonyl (C=O) groups excluding carboxylic acids is 2. The molecule has 0 bridgehead atoms. The standard InChI is InChI=1S/C16H16ClN3O2/c1-20(2)12-7-5-6-11(10-12)15(21)18-19-16(22)13-8-3-4-9-14(13)17/h3-10H,1-2H3,(H,18,21)(H,19,22). The van der Waals surface area contributed by atoms with Gasteiger partial charge in [0.05, 0.1) is 10.6 Å². The number of nitrogens with zero attached hydrogens (tertiary/aromatic N) is 1. The Kier molecular flexibility index (Phi) is 5.01. The Bertz CT molecular complexity index is 701. The molecular weight excluding hydrogens is 302 g/mol. The summed E-state index contributed by atoms with van der Waals surface area (Å²) >= 11 is 5.93. The van der Waals surface area contributed by atoms with E-state index < -0.39 is 11.8 Å². The van der Waals surface area contributed by atoms with Crippen molar-refractivity contribution in [1.82, 2.24) is 10.9 Å². The van der Waals surface area contributed by atoms with Crippen LogP contribution in [-0.2, 0) is 0 Å². The van der Waals surface area contributed by atoms with Gasteiger partial charge in [-0.05, 0) is 30.3 Å². The molecule has 2 aromatic carbocycles. The Balaban J connectivity index is 2.03. The predicted molar refractivity (Wildman–Crippen MR) is 87.2 cm³/mol. The number of halogens is 1. The van der Waals surface area contributed by atoms with Crippen LogP contribution in [-0.4, -0.2) is 25.9 Å². The molecule has 0 atom stereocenters. The van der Waals surface area contributed by atoms with E-state index >= 15 is 0 Å². The summed E-state index contributed by atoms with van der Waals surface area (Å²) in [7, 11) is 3.77. The normalized spacial score (nSPS) is 9.95. The summed E-state index contributed by atoms with van der Waals surface area (Å²) in [5, 5.41) is 0.323. The highest BCUT2D eigenvalue weighted by Gasteiger charge is 2.12. The number of hydrazine groups is 1. The van der Waals surface area contributed by atoms with Crippen molar-refractivity contribution in [2.45, 2.75) is 0 Å². The first-order valence-corrected chi connectivity index (χ1v) is 6.99. The van der Waals surface area contributed by atoms with Gasteiger partial charge in [-0.3, -0.25) is 20.4 Å². The second-order valence-corrected chi connectivity index (χ2v) is 5.24. The molecule has 0 saturated carbocycles. The highest BCUT2D eigenvalue weighted by atomic mass is 35.5. The van der Waals surface area contributed by atoms with Crippen molar-refractivity contribution in [2.75, 3.05) is 19.0 Å². The molecule has 114 valence electrons. The molecule has 0 heterocycles. The first-order chi connectivity index (χ1) is 10.5. The van der Waals surface area contributed by atoms with Crippen molar-refractivity contribution in [3.05, 3.63) is 64.7 Å². The fraction of sp³-hybridized carbons (Fsp3) is 0.125. The van der Waals surface area contributed by atoms with E-state index in [4.69, 9.17) is 11.6 Å². The van der Waals surface area contributed by atoms with E-state index in [1.807, 2.05) is 25.1 Å². The van der Waals surface area contributed by atoms with Gasteiger partial charge >= 0.3 is 0 Å². The molecule has 5 nitrogen and oxygen atoms in total. The third-order valence-electron chi connectivity index (χ3n) is 3.03. The van der Waals surface area contributed by atoms with Crippen molar-refractivity contribution >= 4 is 29.1 Å². The van der Waals surface area contributed by atoms with Crippen molar-refractivity contribution < 1.29 is 9.59 Å². The van der Waals surface area contributed by atoms with Crippen LogP contribution < -0.4 is 15.8 Å². The summed E-state index contributed by atoms with van der Waals surface area (Å²) in [4.78, 5) is 25.9. The maximum Gasteiger partial charge on any atom is 0.271 e. The molecule has 2 amide bonds. The van der Waals surface area contributed by atoms with Gasteiger partial charge in [0.15, 0.2) is 0 Å². The van der Waals surface area contributed by atoms with E-state index in [0.717, 1.165) is 5.69 Å². The highest BCUT2D eigenvalue weighted by Crippen LogP contribution is 2.15. The molecule has 0 aliphatic rings. The smallest absolute Gasteiger partial charge is 0.271 e. The molecule has 0 spiro atoms. The Hall–Kier alpha value is -2.53. The monoisotopic (exact) mass is 317 g/mol. The lowest BCUT2D eigenvalue weighted by molar-refractivity contribution is 0.0847. The Morgan fingerprint density at radius 3 is 2.32 bits per heavy atom. The minimum absolute atomic E-state index is 0.298. The summed E-state index contributed by atoms with van der Waals surface area (Å²) in [6.07, 6.45) is 0. The van der Waals surface area contributed by atoms with Crippen LogP contribution in [0.25, 0.3) is 0 Å². The van der Waals surface area contributed by atoms with Crippen LogP contribution in [0.1, 0.15) is 20.7 Å². The van der Waals surface area contributed by atoms with E-state index in [2.05, 4.69) is 10.9 Å². The zero-order valence-corrected chi connectivity index (χ0v) is 13.0. The maximum atomic E-state index is 12.1. The average molecular weight is 318 g/mol. The summed E-state index contributed by atoms with van der Waals surface area (Å²) in [5.41, 5.74) is 6.37. The lowest BCUT2D eigenvalue weighted by Gasteiger charge is -2.13. The van der Waals surface area contributed by atoms with E-state index in [9.17, 15) is 9.59 Å². The lowest BCUT2D eigenvalue weighted by atomic mass is 10.2. The molecule has 2 aromatic rings. The van der Waals surface area contributed by atoms with E-state index in [-0.39, 0.29) is 0 Å². The van der Waals surface area contributed by atoms with Gasteiger partial charge < -0.3 is 4.90 Å². The lowest BCUT2D eigenvalue weighted by Crippen LogP contribution is -2.41. The Morgan fingerprint density at radius 1 is 0.955 bits per heavy atom. The molecule has 0 fully saturated rings. The number of hydrogen-bond acceptors (Lipinski definition) is 3. The number of amides is 2. The summed E-state index contributed by atoms with van der Waals surface area (Å²) in [6.45, 7) is 0. The van der Waals surface area contributed by atoms with Crippen molar-refractivity contribution in [3.8, 4) is 0 Å². The minimum atomic E-state index is -0.470. The molecule has 0 saturated heterocycles. The van der Waals surface area contributed by atoms with Crippen LogP contribution in [0.4, 0.5) is 5.69 Å². The zero-order valence-electron chi connectivity index (χ0n) is 12.3. The molecule has 0 aliphatic heterocycles. The van der Waals surface area contributed by atoms with Gasteiger partial charge in [-0.1, -0.05) is 29.8 Å². The van der Waals surface area contributed by atoms with Crippen LogP contribution >= 0.6 is 11.6 Å².